The molecule has 2 aliphatic rings. The zero-order valence-electron chi connectivity index (χ0n) is 12.5. The van der Waals surface area contributed by atoms with Crippen LogP contribution in [0, 0.1) is 17.3 Å². The van der Waals surface area contributed by atoms with Crippen molar-refractivity contribution in [2.45, 2.75) is 34.1 Å². The van der Waals surface area contributed by atoms with Crippen molar-refractivity contribution in [2.24, 2.45) is 17.3 Å². The Morgan fingerprint density at radius 3 is 2.60 bits per heavy atom. The Morgan fingerprint density at radius 1 is 1.30 bits per heavy atom. The highest BCUT2D eigenvalue weighted by molar-refractivity contribution is 6.31. The molecule has 3 rings (SSSR count). The van der Waals surface area contributed by atoms with E-state index >= 15 is 0 Å². The van der Waals surface area contributed by atoms with Crippen molar-refractivity contribution in [3.05, 3.63) is 34.4 Å². The number of halogens is 1. The summed E-state index contributed by atoms with van der Waals surface area (Å²) in [6.45, 7) is 9.30. The fourth-order valence-corrected chi connectivity index (χ4v) is 3.45. The number of ether oxygens (including phenoxy) is 2. The maximum atomic E-state index is 6.38. The molecular formula is C17H21ClO2. The molecule has 108 valence electrons. The Kier molecular flexibility index (Phi) is 3.24. The van der Waals surface area contributed by atoms with Gasteiger partial charge in [0.25, 0.3) is 0 Å². The van der Waals surface area contributed by atoms with Gasteiger partial charge in [0.15, 0.2) is 11.5 Å². The third-order valence-corrected chi connectivity index (χ3v) is 4.99. The van der Waals surface area contributed by atoms with E-state index in [0.717, 1.165) is 22.9 Å². The number of benzene rings is 1. The second-order valence-corrected chi connectivity index (χ2v) is 7.11. The van der Waals surface area contributed by atoms with Crippen LogP contribution in [0.1, 0.15) is 33.3 Å². The van der Waals surface area contributed by atoms with Gasteiger partial charge in [-0.25, -0.2) is 0 Å². The van der Waals surface area contributed by atoms with Crippen molar-refractivity contribution in [3.63, 3.8) is 0 Å². The van der Waals surface area contributed by atoms with Crippen LogP contribution in [0.5, 0.6) is 11.5 Å². The Morgan fingerprint density at radius 2 is 1.95 bits per heavy atom. The molecule has 1 aliphatic carbocycles. The van der Waals surface area contributed by atoms with Gasteiger partial charge in [0.05, 0.1) is 0 Å². The van der Waals surface area contributed by atoms with Gasteiger partial charge in [-0.2, -0.15) is 0 Å². The van der Waals surface area contributed by atoms with Crippen LogP contribution in [0.25, 0.3) is 0 Å². The summed E-state index contributed by atoms with van der Waals surface area (Å²) in [7, 11) is 0. The van der Waals surface area contributed by atoms with Crippen molar-refractivity contribution in [1.29, 1.82) is 0 Å². The number of hydrogen-bond donors (Lipinski definition) is 0. The molecule has 0 saturated heterocycles. The predicted molar refractivity (Wildman–Crippen MR) is 81.5 cm³/mol. The largest absolute Gasteiger partial charge is 0.454 e. The normalized spacial score (nSPS) is 25.4. The van der Waals surface area contributed by atoms with E-state index < -0.39 is 0 Å². The molecule has 2 unspecified atom stereocenters. The van der Waals surface area contributed by atoms with E-state index in [1.807, 2.05) is 12.1 Å². The Hall–Kier alpha value is -1.15. The van der Waals surface area contributed by atoms with Crippen LogP contribution in [0.2, 0.25) is 5.02 Å². The lowest BCUT2D eigenvalue weighted by molar-refractivity contribution is 0.174. The van der Waals surface area contributed by atoms with Gasteiger partial charge in [-0.1, -0.05) is 37.1 Å². The Labute approximate surface area is 125 Å². The lowest BCUT2D eigenvalue weighted by Crippen LogP contribution is -1.96. The van der Waals surface area contributed by atoms with Crippen molar-refractivity contribution >= 4 is 11.6 Å². The van der Waals surface area contributed by atoms with E-state index in [2.05, 4.69) is 33.8 Å². The first-order valence-corrected chi connectivity index (χ1v) is 7.50. The molecule has 0 aromatic heterocycles. The van der Waals surface area contributed by atoms with E-state index in [-0.39, 0.29) is 0 Å². The minimum Gasteiger partial charge on any atom is -0.454 e. The van der Waals surface area contributed by atoms with Gasteiger partial charge in [0, 0.05) is 11.1 Å². The SMILES string of the molecule is CC(C)=CC1C(Cc2cc3c(cc2Cl)OCO3)C1(C)C. The van der Waals surface area contributed by atoms with Crippen molar-refractivity contribution < 1.29 is 9.47 Å². The van der Waals surface area contributed by atoms with Crippen molar-refractivity contribution in [3.8, 4) is 11.5 Å². The molecule has 0 bridgehead atoms. The van der Waals surface area contributed by atoms with Gasteiger partial charge in [0.2, 0.25) is 6.79 Å². The molecule has 2 nitrogen and oxygen atoms in total. The summed E-state index contributed by atoms with van der Waals surface area (Å²) < 4.78 is 10.8. The molecule has 0 N–H and O–H groups in total. The van der Waals surface area contributed by atoms with Crippen LogP contribution in [0.4, 0.5) is 0 Å². The Bertz CT molecular complexity index is 571. The monoisotopic (exact) mass is 292 g/mol. The van der Waals surface area contributed by atoms with E-state index in [1.54, 1.807) is 0 Å². The molecule has 1 heterocycles. The molecule has 0 amide bonds. The number of allylic oxidation sites excluding steroid dienone is 2. The highest BCUT2D eigenvalue weighted by Crippen LogP contribution is 2.61. The van der Waals surface area contributed by atoms with Crippen LogP contribution in [-0.2, 0) is 6.42 Å². The van der Waals surface area contributed by atoms with Gasteiger partial charge in [-0.05, 0) is 49.1 Å². The summed E-state index contributed by atoms with van der Waals surface area (Å²) in [5.74, 6) is 2.88. The molecule has 2 atom stereocenters. The quantitative estimate of drug-likeness (QED) is 0.742. The van der Waals surface area contributed by atoms with Crippen LogP contribution >= 0.6 is 11.6 Å². The second kappa shape index (κ2) is 4.70. The lowest BCUT2D eigenvalue weighted by Gasteiger charge is -2.07. The summed E-state index contributed by atoms with van der Waals surface area (Å²) in [4.78, 5) is 0. The van der Waals surface area contributed by atoms with Crippen molar-refractivity contribution in [1.82, 2.24) is 0 Å². The average Bonchev–Trinajstić information content (AvgIpc) is 2.74. The lowest BCUT2D eigenvalue weighted by atomic mass is 10.0. The zero-order valence-corrected chi connectivity index (χ0v) is 13.3. The molecule has 0 radical (unpaired) electrons. The maximum absolute atomic E-state index is 6.38. The molecule has 1 aliphatic heterocycles. The van der Waals surface area contributed by atoms with Gasteiger partial charge < -0.3 is 9.47 Å². The smallest absolute Gasteiger partial charge is 0.231 e. The van der Waals surface area contributed by atoms with Crippen LogP contribution in [0.15, 0.2) is 23.8 Å². The topological polar surface area (TPSA) is 18.5 Å². The fraction of sp³-hybridized carbons (Fsp3) is 0.529. The molecule has 1 fully saturated rings. The van der Waals surface area contributed by atoms with Crippen LogP contribution < -0.4 is 9.47 Å². The van der Waals surface area contributed by atoms with Crippen LogP contribution in [0.3, 0.4) is 0 Å². The molecule has 0 spiro atoms. The summed E-state index contributed by atoms with van der Waals surface area (Å²) in [6, 6.07) is 3.92. The number of hydrogen-bond acceptors (Lipinski definition) is 2. The molecule has 3 heteroatoms. The summed E-state index contributed by atoms with van der Waals surface area (Å²) in [6.07, 6.45) is 3.39. The van der Waals surface area contributed by atoms with E-state index in [0.29, 0.717) is 24.0 Å². The zero-order chi connectivity index (χ0) is 14.5. The highest BCUT2D eigenvalue weighted by Gasteiger charge is 2.55. The maximum Gasteiger partial charge on any atom is 0.231 e. The standard InChI is InChI=1S/C17H21ClO2/c1-10(2)5-12-13(17(12,3)4)6-11-7-15-16(8-14(11)18)20-9-19-15/h5,7-8,12-13H,6,9H2,1-4H3. The summed E-state index contributed by atoms with van der Waals surface area (Å²) in [5, 5.41) is 0.785. The summed E-state index contributed by atoms with van der Waals surface area (Å²) in [5.41, 5.74) is 2.91. The first-order chi connectivity index (χ1) is 9.39. The number of fused-ring (bicyclic) bond motifs is 1. The first-order valence-electron chi connectivity index (χ1n) is 7.12. The second-order valence-electron chi connectivity index (χ2n) is 6.70. The third-order valence-electron chi connectivity index (χ3n) is 4.63. The van der Waals surface area contributed by atoms with Crippen LogP contribution in [-0.4, -0.2) is 6.79 Å². The molecule has 1 saturated carbocycles. The molecule has 1 aromatic rings. The van der Waals surface area contributed by atoms with Gasteiger partial charge >= 0.3 is 0 Å². The molecular weight excluding hydrogens is 272 g/mol. The minimum atomic E-state index is 0.296. The van der Waals surface area contributed by atoms with E-state index in [9.17, 15) is 0 Å². The molecule has 1 aromatic carbocycles. The van der Waals surface area contributed by atoms with E-state index in [4.69, 9.17) is 21.1 Å². The van der Waals surface area contributed by atoms with Gasteiger partial charge in [0.1, 0.15) is 0 Å². The van der Waals surface area contributed by atoms with Gasteiger partial charge in [-0.15, -0.1) is 0 Å². The van der Waals surface area contributed by atoms with Gasteiger partial charge in [-0.3, -0.25) is 0 Å². The van der Waals surface area contributed by atoms with E-state index in [1.165, 1.54) is 11.1 Å². The highest BCUT2D eigenvalue weighted by atomic mass is 35.5. The van der Waals surface area contributed by atoms with Crippen molar-refractivity contribution in [2.75, 3.05) is 6.79 Å². The molecule has 20 heavy (non-hydrogen) atoms. The fourth-order valence-electron chi connectivity index (χ4n) is 3.22. The average molecular weight is 293 g/mol. The number of rotatable bonds is 3. The summed E-state index contributed by atoms with van der Waals surface area (Å²) >= 11 is 6.38. The minimum absolute atomic E-state index is 0.296. The first kappa shape index (κ1) is 13.8. The third kappa shape index (κ3) is 2.31. The Balaban J connectivity index is 1.81. The predicted octanol–water partition coefficient (Wildman–Crippen LogP) is 4.85.